The highest BCUT2D eigenvalue weighted by molar-refractivity contribution is 5.63. The van der Waals surface area contributed by atoms with E-state index in [1.165, 1.54) is 30.5 Å². The van der Waals surface area contributed by atoms with Crippen LogP contribution in [0.1, 0.15) is 24.3 Å². The van der Waals surface area contributed by atoms with Gasteiger partial charge in [-0.05, 0) is 61.8 Å². The molecule has 26 heavy (non-hydrogen) atoms. The Morgan fingerprint density at radius 2 is 1.58 bits per heavy atom. The number of likely N-dealkylation sites (N-methyl/N-ethyl adjacent to an activating group) is 1. The van der Waals surface area contributed by atoms with Crippen molar-refractivity contribution in [2.45, 2.75) is 30.8 Å². The van der Waals surface area contributed by atoms with Gasteiger partial charge in [0.15, 0.2) is 0 Å². The Morgan fingerprint density at radius 3 is 2.23 bits per heavy atom. The summed E-state index contributed by atoms with van der Waals surface area (Å²) in [5, 5.41) is 9.95. The van der Waals surface area contributed by atoms with Gasteiger partial charge in [-0.1, -0.05) is 36.4 Å². The monoisotopic (exact) mass is 354 g/mol. The van der Waals surface area contributed by atoms with E-state index in [1.54, 1.807) is 0 Å². The summed E-state index contributed by atoms with van der Waals surface area (Å²) in [6.45, 7) is 3.52. The maximum Gasteiger partial charge on any atom is 0.123 e. The van der Waals surface area contributed by atoms with Gasteiger partial charge < -0.3 is 10.0 Å². The number of nitrogens with zero attached hydrogens (tertiary/aromatic N) is 2. The molecule has 0 aromatic heterocycles. The van der Waals surface area contributed by atoms with E-state index in [9.17, 15) is 9.50 Å². The minimum atomic E-state index is -0.209. The first-order valence-electron chi connectivity index (χ1n) is 9.58. The van der Waals surface area contributed by atoms with Gasteiger partial charge >= 0.3 is 0 Å². The Kier molecular flexibility index (Phi) is 5.07. The SMILES string of the molecule is CN1CCCCN2[C@H](C1)[C@H](c1ccc(-c3ccc(F)cc3)cc1)[C@@H]2CO. The maximum atomic E-state index is 13.1. The molecule has 4 rings (SSSR count). The number of benzene rings is 2. The smallest absolute Gasteiger partial charge is 0.123 e. The second kappa shape index (κ2) is 7.47. The molecule has 0 radical (unpaired) electrons. The average molecular weight is 354 g/mol. The van der Waals surface area contributed by atoms with Crippen LogP contribution in [0.5, 0.6) is 0 Å². The summed E-state index contributed by atoms with van der Waals surface area (Å²) in [6.07, 6.45) is 2.43. The first kappa shape index (κ1) is 17.7. The molecule has 0 bridgehead atoms. The van der Waals surface area contributed by atoms with Crippen molar-refractivity contribution in [3.05, 3.63) is 59.9 Å². The molecule has 2 saturated heterocycles. The van der Waals surface area contributed by atoms with Crippen LogP contribution in [0.4, 0.5) is 4.39 Å². The topological polar surface area (TPSA) is 26.7 Å². The van der Waals surface area contributed by atoms with Gasteiger partial charge in [-0.2, -0.15) is 0 Å². The van der Waals surface area contributed by atoms with E-state index >= 15 is 0 Å². The Balaban J connectivity index is 1.56. The van der Waals surface area contributed by atoms with Crippen molar-refractivity contribution in [2.75, 3.05) is 33.3 Å². The second-order valence-corrected chi connectivity index (χ2v) is 7.68. The Bertz CT molecular complexity index is 731. The van der Waals surface area contributed by atoms with Crippen molar-refractivity contribution in [3.8, 4) is 11.1 Å². The molecule has 3 nitrogen and oxygen atoms in total. The molecule has 2 aromatic carbocycles. The maximum absolute atomic E-state index is 13.1. The van der Waals surface area contributed by atoms with Gasteiger partial charge in [0.2, 0.25) is 0 Å². The van der Waals surface area contributed by atoms with Crippen LogP contribution in [0.15, 0.2) is 48.5 Å². The zero-order valence-electron chi connectivity index (χ0n) is 15.3. The predicted molar refractivity (Wildman–Crippen MR) is 103 cm³/mol. The van der Waals surface area contributed by atoms with Crippen molar-refractivity contribution >= 4 is 0 Å². The number of fused-ring (bicyclic) bond motifs is 1. The molecule has 0 spiro atoms. The molecule has 0 aliphatic carbocycles. The van der Waals surface area contributed by atoms with Gasteiger partial charge in [0.05, 0.1) is 6.61 Å². The summed E-state index contributed by atoms with van der Waals surface area (Å²) in [6, 6.07) is 15.9. The predicted octanol–water partition coefficient (Wildman–Crippen LogP) is 3.35. The Hall–Kier alpha value is -1.75. The van der Waals surface area contributed by atoms with E-state index < -0.39 is 0 Å². The van der Waals surface area contributed by atoms with E-state index in [0.29, 0.717) is 12.0 Å². The van der Waals surface area contributed by atoms with Gasteiger partial charge in [0.1, 0.15) is 5.82 Å². The Labute approximate surface area is 155 Å². The van der Waals surface area contributed by atoms with Crippen molar-refractivity contribution in [2.24, 2.45) is 0 Å². The summed E-state index contributed by atoms with van der Waals surface area (Å²) in [7, 11) is 2.20. The first-order valence-corrected chi connectivity index (χ1v) is 9.58. The van der Waals surface area contributed by atoms with Gasteiger partial charge in [0.25, 0.3) is 0 Å². The van der Waals surface area contributed by atoms with Gasteiger partial charge in [-0.15, -0.1) is 0 Å². The van der Waals surface area contributed by atoms with E-state index in [-0.39, 0.29) is 18.5 Å². The molecule has 2 aromatic rings. The average Bonchev–Trinajstić information content (AvgIpc) is 2.64. The van der Waals surface area contributed by atoms with Crippen molar-refractivity contribution in [1.29, 1.82) is 0 Å². The van der Waals surface area contributed by atoms with Crippen molar-refractivity contribution in [3.63, 3.8) is 0 Å². The van der Waals surface area contributed by atoms with Crippen molar-refractivity contribution in [1.82, 2.24) is 9.80 Å². The Morgan fingerprint density at radius 1 is 0.962 bits per heavy atom. The fourth-order valence-electron chi connectivity index (χ4n) is 4.65. The minimum absolute atomic E-state index is 0.209. The molecular formula is C22H27FN2O. The molecule has 0 amide bonds. The highest BCUT2D eigenvalue weighted by Crippen LogP contribution is 2.42. The lowest BCUT2D eigenvalue weighted by Crippen LogP contribution is -2.67. The summed E-state index contributed by atoms with van der Waals surface area (Å²) < 4.78 is 13.1. The van der Waals surface area contributed by atoms with Crippen LogP contribution in [-0.2, 0) is 0 Å². The molecule has 2 aliphatic heterocycles. The quantitative estimate of drug-likeness (QED) is 0.916. The molecule has 138 valence electrons. The minimum Gasteiger partial charge on any atom is -0.395 e. The number of aliphatic hydroxyl groups excluding tert-OH is 1. The molecule has 0 unspecified atom stereocenters. The van der Waals surface area contributed by atoms with Crippen LogP contribution in [0.25, 0.3) is 11.1 Å². The number of aliphatic hydroxyl groups is 1. The number of halogens is 1. The third kappa shape index (κ3) is 3.29. The second-order valence-electron chi connectivity index (χ2n) is 7.68. The lowest BCUT2D eigenvalue weighted by molar-refractivity contribution is -0.0614. The molecule has 2 fully saturated rings. The molecule has 2 aliphatic rings. The van der Waals surface area contributed by atoms with Crippen LogP contribution < -0.4 is 0 Å². The lowest BCUT2D eigenvalue weighted by Gasteiger charge is -2.57. The van der Waals surface area contributed by atoms with Crippen LogP contribution in [-0.4, -0.2) is 60.3 Å². The number of hydrogen-bond acceptors (Lipinski definition) is 3. The van der Waals surface area contributed by atoms with Gasteiger partial charge in [0, 0.05) is 24.5 Å². The summed E-state index contributed by atoms with van der Waals surface area (Å²) >= 11 is 0. The molecule has 2 heterocycles. The van der Waals surface area contributed by atoms with E-state index in [4.69, 9.17) is 0 Å². The van der Waals surface area contributed by atoms with Crippen LogP contribution in [0, 0.1) is 5.82 Å². The van der Waals surface area contributed by atoms with Crippen molar-refractivity contribution < 1.29 is 9.50 Å². The normalized spacial score (nSPS) is 27.3. The lowest BCUT2D eigenvalue weighted by atomic mass is 9.74. The largest absolute Gasteiger partial charge is 0.395 e. The standard InChI is InChI=1S/C22H27FN2O/c1-24-12-2-3-13-25-20(14-24)22(21(25)15-26)18-6-4-16(5-7-18)17-8-10-19(23)11-9-17/h4-11,20-22,26H,2-3,12-15H2,1H3/t20-,21+,22+/m1/s1. The summed E-state index contributed by atoms with van der Waals surface area (Å²) in [5.74, 6) is 0.168. The molecule has 0 saturated carbocycles. The highest BCUT2D eigenvalue weighted by Gasteiger charge is 2.48. The zero-order chi connectivity index (χ0) is 18.1. The molecule has 1 N–H and O–H groups in total. The zero-order valence-corrected chi connectivity index (χ0v) is 15.3. The van der Waals surface area contributed by atoms with E-state index in [0.717, 1.165) is 30.8 Å². The van der Waals surface area contributed by atoms with Crippen LogP contribution in [0.2, 0.25) is 0 Å². The third-order valence-corrected chi connectivity index (χ3v) is 6.05. The number of rotatable bonds is 3. The summed E-state index contributed by atoms with van der Waals surface area (Å²) in [4.78, 5) is 4.92. The van der Waals surface area contributed by atoms with Crippen LogP contribution in [0.3, 0.4) is 0 Å². The van der Waals surface area contributed by atoms with Gasteiger partial charge in [-0.25, -0.2) is 4.39 Å². The third-order valence-electron chi connectivity index (χ3n) is 6.05. The molecule has 4 heteroatoms. The molecule has 3 atom stereocenters. The van der Waals surface area contributed by atoms with E-state index in [2.05, 4.69) is 41.1 Å². The van der Waals surface area contributed by atoms with Gasteiger partial charge in [-0.3, -0.25) is 4.90 Å². The fourth-order valence-corrected chi connectivity index (χ4v) is 4.65. The first-order chi connectivity index (χ1) is 12.7. The van der Waals surface area contributed by atoms with E-state index in [1.807, 2.05) is 12.1 Å². The fraction of sp³-hybridized carbons (Fsp3) is 0.455. The van der Waals surface area contributed by atoms with Crippen LogP contribution >= 0.6 is 0 Å². The summed E-state index contributed by atoms with van der Waals surface area (Å²) in [5.41, 5.74) is 3.42. The molecular weight excluding hydrogens is 327 g/mol. The number of hydrogen-bond donors (Lipinski definition) is 1. The highest BCUT2D eigenvalue weighted by atomic mass is 19.1.